The van der Waals surface area contributed by atoms with Crippen LogP contribution in [0.1, 0.15) is 19.8 Å². The summed E-state index contributed by atoms with van der Waals surface area (Å²) >= 11 is 3.07. The molecule has 0 amide bonds. The largest absolute Gasteiger partial charge is 0.494 e. The predicted octanol–water partition coefficient (Wildman–Crippen LogP) is 3.34. The number of hydrogen-bond acceptors (Lipinski definition) is 2. The van der Waals surface area contributed by atoms with E-state index >= 15 is 0 Å². The molecule has 0 aliphatic heterocycles. The van der Waals surface area contributed by atoms with Gasteiger partial charge in [-0.05, 0) is 47.5 Å². The molecule has 0 radical (unpaired) electrons. The molecule has 1 rings (SSSR count). The molecule has 0 saturated carbocycles. The summed E-state index contributed by atoms with van der Waals surface area (Å²) in [5, 5.41) is 0. The molecule has 0 aliphatic carbocycles. The third-order valence-electron chi connectivity index (χ3n) is 1.83. The topological polar surface area (TPSA) is 26.3 Å². The fourth-order valence-corrected chi connectivity index (χ4v) is 1.44. The van der Waals surface area contributed by atoms with Crippen molar-refractivity contribution >= 4 is 21.7 Å². The van der Waals surface area contributed by atoms with Crippen molar-refractivity contribution in [2.75, 3.05) is 6.61 Å². The van der Waals surface area contributed by atoms with Crippen LogP contribution in [-0.4, -0.2) is 12.4 Å². The predicted molar refractivity (Wildman–Crippen MR) is 59.5 cm³/mol. The molecule has 2 nitrogen and oxygen atoms in total. The van der Waals surface area contributed by atoms with Gasteiger partial charge in [-0.2, -0.15) is 0 Å². The van der Waals surface area contributed by atoms with Crippen molar-refractivity contribution in [2.24, 2.45) is 0 Å². The Hall–Kier alpha value is -0.900. The van der Waals surface area contributed by atoms with E-state index in [0.717, 1.165) is 0 Å². The van der Waals surface area contributed by atoms with Crippen LogP contribution in [0.5, 0.6) is 5.75 Å². The summed E-state index contributed by atoms with van der Waals surface area (Å²) in [6, 6.07) is 4.47. The van der Waals surface area contributed by atoms with Gasteiger partial charge in [0.05, 0.1) is 11.1 Å². The first kappa shape index (κ1) is 12.2. The van der Waals surface area contributed by atoms with E-state index in [9.17, 15) is 9.18 Å². The van der Waals surface area contributed by atoms with Crippen molar-refractivity contribution in [3.05, 3.63) is 28.5 Å². The van der Waals surface area contributed by atoms with Crippen molar-refractivity contribution in [3.8, 4) is 5.75 Å². The van der Waals surface area contributed by atoms with Gasteiger partial charge in [-0.25, -0.2) is 4.39 Å². The molecule has 15 heavy (non-hydrogen) atoms. The van der Waals surface area contributed by atoms with Gasteiger partial charge in [-0.1, -0.05) is 0 Å². The summed E-state index contributed by atoms with van der Waals surface area (Å²) in [6.07, 6.45) is 1.20. The standard InChI is InChI=1S/C11H12BrFO2/c1-8(14)3-2-6-15-9-4-5-11(13)10(12)7-9/h4-5,7H,2-3,6H2,1H3. The normalized spacial score (nSPS) is 10.1. The van der Waals surface area contributed by atoms with Crippen LogP contribution in [0.15, 0.2) is 22.7 Å². The summed E-state index contributed by atoms with van der Waals surface area (Å²) in [5.41, 5.74) is 0. The zero-order valence-electron chi connectivity index (χ0n) is 8.43. The van der Waals surface area contributed by atoms with Crippen LogP contribution < -0.4 is 4.74 Å². The fraction of sp³-hybridized carbons (Fsp3) is 0.364. The highest BCUT2D eigenvalue weighted by Gasteiger charge is 2.01. The van der Waals surface area contributed by atoms with E-state index in [2.05, 4.69) is 15.9 Å². The van der Waals surface area contributed by atoms with Crippen molar-refractivity contribution in [1.29, 1.82) is 0 Å². The molecule has 1 aromatic rings. The van der Waals surface area contributed by atoms with Gasteiger partial charge in [-0.3, -0.25) is 0 Å². The number of halogens is 2. The van der Waals surface area contributed by atoms with Crippen LogP contribution in [0, 0.1) is 5.82 Å². The monoisotopic (exact) mass is 274 g/mol. The molecule has 1 aromatic carbocycles. The lowest BCUT2D eigenvalue weighted by Crippen LogP contribution is -2.00. The maximum Gasteiger partial charge on any atom is 0.137 e. The number of hydrogen-bond donors (Lipinski definition) is 0. The number of carbonyl (C=O) groups is 1. The first-order chi connectivity index (χ1) is 7.09. The number of benzene rings is 1. The van der Waals surface area contributed by atoms with Crippen LogP contribution in [0.2, 0.25) is 0 Å². The Balaban J connectivity index is 2.38. The third-order valence-corrected chi connectivity index (χ3v) is 2.44. The third kappa shape index (κ3) is 4.42. The number of ether oxygens (including phenoxy) is 1. The Bertz CT molecular complexity index is 352. The SMILES string of the molecule is CC(=O)CCCOc1ccc(F)c(Br)c1. The first-order valence-electron chi connectivity index (χ1n) is 4.67. The summed E-state index contributed by atoms with van der Waals surface area (Å²) < 4.78 is 18.6. The lowest BCUT2D eigenvalue weighted by Gasteiger charge is -2.05. The van der Waals surface area contributed by atoms with Crippen molar-refractivity contribution in [3.63, 3.8) is 0 Å². The number of rotatable bonds is 5. The van der Waals surface area contributed by atoms with Gasteiger partial charge in [0.2, 0.25) is 0 Å². The fourth-order valence-electron chi connectivity index (χ4n) is 1.08. The molecule has 0 N–H and O–H groups in total. The van der Waals surface area contributed by atoms with Crippen LogP contribution >= 0.6 is 15.9 Å². The van der Waals surface area contributed by atoms with Crippen molar-refractivity contribution in [2.45, 2.75) is 19.8 Å². The van der Waals surface area contributed by atoms with Gasteiger partial charge in [0.1, 0.15) is 17.3 Å². The van der Waals surface area contributed by atoms with Gasteiger partial charge in [0, 0.05) is 6.42 Å². The first-order valence-corrected chi connectivity index (χ1v) is 5.46. The van der Waals surface area contributed by atoms with Crippen LogP contribution in [0.25, 0.3) is 0 Å². The summed E-state index contributed by atoms with van der Waals surface area (Å²) in [5.74, 6) is 0.441. The molecular formula is C11H12BrFO2. The van der Waals surface area contributed by atoms with Crippen LogP contribution in [-0.2, 0) is 4.79 Å². The molecule has 0 aliphatic rings. The van der Waals surface area contributed by atoms with Gasteiger partial charge in [0.15, 0.2) is 0 Å². The number of ketones is 1. The Morgan fingerprint density at radius 2 is 2.27 bits per heavy atom. The van der Waals surface area contributed by atoms with E-state index in [1.807, 2.05) is 0 Å². The molecule has 0 bridgehead atoms. The maximum atomic E-state index is 12.8. The average Bonchev–Trinajstić information content (AvgIpc) is 2.18. The lowest BCUT2D eigenvalue weighted by molar-refractivity contribution is -0.117. The van der Waals surface area contributed by atoms with Gasteiger partial charge in [-0.15, -0.1) is 0 Å². The second kappa shape index (κ2) is 5.85. The van der Waals surface area contributed by atoms with Crippen LogP contribution in [0.4, 0.5) is 4.39 Å². The molecule has 0 spiro atoms. The highest BCUT2D eigenvalue weighted by molar-refractivity contribution is 9.10. The summed E-state index contributed by atoms with van der Waals surface area (Å²) in [6.45, 7) is 2.02. The van der Waals surface area contributed by atoms with Gasteiger partial charge < -0.3 is 9.53 Å². The highest BCUT2D eigenvalue weighted by atomic mass is 79.9. The van der Waals surface area contributed by atoms with E-state index in [1.54, 1.807) is 19.1 Å². The summed E-state index contributed by atoms with van der Waals surface area (Å²) in [7, 11) is 0. The molecule has 0 atom stereocenters. The average molecular weight is 275 g/mol. The van der Waals surface area contributed by atoms with Gasteiger partial charge >= 0.3 is 0 Å². The van der Waals surface area contributed by atoms with E-state index in [1.165, 1.54) is 6.07 Å². The molecule has 0 unspecified atom stereocenters. The van der Waals surface area contributed by atoms with Gasteiger partial charge in [0.25, 0.3) is 0 Å². The molecular weight excluding hydrogens is 263 g/mol. The Morgan fingerprint density at radius 1 is 1.53 bits per heavy atom. The molecule has 4 heteroatoms. The zero-order valence-corrected chi connectivity index (χ0v) is 10.0. The minimum absolute atomic E-state index is 0.152. The maximum absolute atomic E-state index is 12.8. The molecule has 0 heterocycles. The van der Waals surface area contributed by atoms with E-state index in [-0.39, 0.29) is 11.6 Å². The number of Topliss-reactive ketones (excluding diaryl/α,β-unsaturated/α-hetero) is 1. The second-order valence-corrected chi connectivity index (χ2v) is 4.08. The molecule has 0 fully saturated rings. The van der Waals surface area contributed by atoms with Crippen LogP contribution in [0.3, 0.4) is 0 Å². The minimum Gasteiger partial charge on any atom is -0.494 e. The Kier molecular flexibility index (Phi) is 4.75. The van der Waals surface area contributed by atoms with Crippen molar-refractivity contribution < 1.29 is 13.9 Å². The van der Waals surface area contributed by atoms with E-state index < -0.39 is 0 Å². The Labute approximate surface area is 96.6 Å². The van der Waals surface area contributed by atoms with E-state index in [0.29, 0.717) is 29.7 Å². The number of carbonyl (C=O) groups excluding carboxylic acids is 1. The van der Waals surface area contributed by atoms with E-state index in [4.69, 9.17) is 4.74 Å². The molecule has 0 saturated heterocycles. The summed E-state index contributed by atoms with van der Waals surface area (Å²) in [4.78, 5) is 10.6. The lowest BCUT2D eigenvalue weighted by atomic mass is 10.2. The second-order valence-electron chi connectivity index (χ2n) is 3.23. The highest BCUT2D eigenvalue weighted by Crippen LogP contribution is 2.21. The molecule has 0 aromatic heterocycles. The zero-order chi connectivity index (χ0) is 11.3. The smallest absolute Gasteiger partial charge is 0.137 e. The molecule has 82 valence electrons. The quantitative estimate of drug-likeness (QED) is 0.770. The van der Waals surface area contributed by atoms with Crippen molar-refractivity contribution in [1.82, 2.24) is 0 Å². The Morgan fingerprint density at radius 3 is 2.87 bits per heavy atom. The minimum atomic E-state index is -0.314.